The minimum atomic E-state index is -0.209. The van der Waals surface area contributed by atoms with Crippen molar-refractivity contribution in [1.82, 2.24) is 9.80 Å². The minimum Gasteiger partial charge on any atom is -0.383 e. The van der Waals surface area contributed by atoms with E-state index in [2.05, 4.69) is 4.90 Å². The fourth-order valence-corrected chi connectivity index (χ4v) is 3.22. The Labute approximate surface area is 136 Å². The monoisotopic (exact) mass is 314 g/mol. The zero-order valence-corrected chi connectivity index (χ0v) is 13.5. The van der Waals surface area contributed by atoms with Crippen LogP contribution in [0.3, 0.4) is 0 Å². The number of carbonyl (C=O) groups excluding carboxylic acids is 2. The molecule has 0 saturated carbocycles. The summed E-state index contributed by atoms with van der Waals surface area (Å²) in [6.07, 6.45) is 3.30. The number of carbonyl (C=O) groups is 2. The van der Waals surface area contributed by atoms with Gasteiger partial charge in [0.05, 0.1) is 18.7 Å². The van der Waals surface area contributed by atoms with Crippen molar-refractivity contribution < 1.29 is 14.3 Å². The molecule has 0 spiro atoms. The molecule has 0 atom stereocenters. The van der Waals surface area contributed by atoms with E-state index in [4.69, 9.17) is 4.74 Å². The first-order chi connectivity index (χ1) is 11.2. The molecule has 23 heavy (non-hydrogen) atoms. The Morgan fingerprint density at radius 1 is 1.00 bits per heavy atom. The predicted octanol–water partition coefficient (Wildman–Crippen LogP) is 1.90. The maximum absolute atomic E-state index is 12.9. The Hall–Kier alpha value is -2.14. The fraction of sp³-hybridized carbons (Fsp3) is 0.444. The van der Waals surface area contributed by atoms with Gasteiger partial charge in [0.15, 0.2) is 0 Å². The zero-order chi connectivity index (χ0) is 16.2. The van der Waals surface area contributed by atoms with Gasteiger partial charge in [0, 0.05) is 20.2 Å². The Bertz CT molecular complexity index is 618. The molecular weight excluding hydrogens is 292 g/mol. The van der Waals surface area contributed by atoms with Crippen molar-refractivity contribution in [3.8, 4) is 0 Å². The molecule has 1 saturated heterocycles. The Morgan fingerprint density at radius 3 is 2.35 bits per heavy atom. The molecule has 5 nitrogen and oxygen atoms in total. The fourth-order valence-electron chi connectivity index (χ4n) is 3.22. The highest BCUT2D eigenvalue weighted by atomic mass is 16.5. The van der Waals surface area contributed by atoms with Crippen LogP contribution in [0.15, 0.2) is 36.0 Å². The van der Waals surface area contributed by atoms with Crippen molar-refractivity contribution in [2.75, 3.05) is 33.4 Å². The number of likely N-dealkylation sites (tertiary alicyclic amines) is 1. The number of hydrogen-bond donors (Lipinski definition) is 0. The van der Waals surface area contributed by atoms with Crippen LogP contribution < -0.4 is 0 Å². The molecule has 2 heterocycles. The lowest BCUT2D eigenvalue weighted by Crippen LogP contribution is -2.38. The summed E-state index contributed by atoms with van der Waals surface area (Å²) < 4.78 is 5.04. The highest BCUT2D eigenvalue weighted by Crippen LogP contribution is 2.32. The van der Waals surface area contributed by atoms with E-state index >= 15 is 0 Å². The van der Waals surface area contributed by atoms with Crippen LogP contribution in [0, 0.1) is 0 Å². The second-order valence-electron chi connectivity index (χ2n) is 5.89. The maximum Gasteiger partial charge on any atom is 0.277 e. The summed E-state index contributed by atoms with van der Waals surface area (Å²) in [5.41, 5.74) is 1.91. The highest BCUT2D eigenvalue weighted by molar-refractivity contribution is 6.35. The zero-order valence-electron chi connectivity index (χ0n) is 13.5. The molecule has 1 fully saturated rings. The number of imide groups is 1. The molecular formula is C18H22N2O3. The molecule has 1 aromatic rings. The molecule has 122 valence electrons. The summed E-state index contributed by atoms with van der Waals surface area (Å²) in [4.78, 5) is 29.1. The van der Waals surface area contributed by atoms with E-state index in [1.54, 1.807) is 7.11 Å². The Balaban J connectivity index is 2.00. The summed E-state index contributed by atoms with van der Waals surface area (Å²) in [5.74, 6) is -0.397. The molecule has 0 aromatic heterocycles. The Morgan fingerprint density at radius 2 is 1.70 bits per heavy atom. The van der Waals surface area contributed by atoms with Crippen LogP contribution >= 0.6 is 0 Å². The SMILES string of the molecule is COCCN1C(=O)C(c2ccccc2)=C(N2CCCCC2)C1=O. The lowest BCUT2D eigenvalue weighted by Gasteiger charge is -2.29. The molecule has 0 bridgehead atoms. The number of methoxy groups -OCH3 is 1. The van der Waals surface area contributed by atoms with Crippen molar-refractivity contribution in [3.05, 3.63) is 41.6 Å². The normalized spacial score (nSPS) is 19.0. The highest BCUT2D eigenvalue weighted by Gasteiger charge is 2.41. The molecule has 5 heteroatoms. The Kier molecular flexibility index (Phi) is 4.76. The van der Waals surface area contributed by atoms with Crippen molar-refractivity contribution in [2.24, 2.45) is 0 Å². The van der Waals surface area contributed by atoms with Crippen molar-refractivity contribution in [3.63, 3.8) is 0 Å². The number of nitrogens with zero attached hydrogens (tertiary/aromatic N) is 2. The number of benzene rings is 1. The first kappa shape index (κ1) is 15.7. The average molecular weight is 314 g/mol. The molecule has 2 aliphatic heterocycles. The van der Waals surface area contributed by atoms with Gasteiger partial charge in [-0.2, -0.15) is 0 Å². The van der Waals surface area contributed by atoms with E-state index in [1.165, 1.54) is 11.3 Å². The second-order valence-corrected chi connectivity index (χ2v) is 5.89. The molecule has 3 rings (SSSR count). The van der Waals surface area contributed by atoms with E-state index in [1.807, 2.05) is 30.3 Å². The van der Waals surface area contributed by atoms with Gasteiger partial charge in [-0.25, -0.2) is 0 Å². The smallest absolute Gasteiger partial charge is 0.277 e. The van der Waals surface area contributed by atoms with Gasteiger partial charge < -0.3 is 9.64 Å². The summed E-state index contributed by atoms with van der Waals surface area (Å²) >= 11 is 0. The quantitative estimate of drug-likeness (QED) is 0.779. The standard InChI is InChI=1S/C18H22N2O3/c1-23-13-12-20-17(21)15(14-8-4-2-5-9-14)16(18(20)22)19-10-6-3-7-11-19/h2,4-5,8-9H,3,6-7,10-13H2,1H3. The van der Waals surface area contributed by atoms with Gasteiger partial charge in [0.2, 0.25) is 0 Å². The summed E-state index contributed by atoms with van der Waals surface area (Å²) in [6.45, 7) is 2.32. The molecule has 0 N–H and O–H groups in total. The molecule has 0 radical (unpaired) electrons. The van der Waals surface area contributed by atoms with Crippen molar-refractivity contribution in [1.29, 1.82) is 0 Å². The van der Waals surface area contributed by atoms with Crippen LogP contribution in [-0.2, 0) is 14.3 Å². The van der Waals surface area contributed by atoms with Gasteiger partial charge in [0.25, 0.3) is 11.8 Å². The first-order valence-electron chi connectivity index (χ1n) is 8.14. The molecule has 2 aliphatic rings. The summed E-state index contributed by atoms with van der Waals surface area (Å²) in [6, 6.07) is 9.49. The molecule has 0 unspecified atom stereocenters. The molecule has 2 amide bonds. The predicted molar refractivity (Wildman–Crippen MR) is 87.4 cm³/mol. The lowest BCUT2D eigenvalue weighted by atomic mass is 10.0. The topological polar surface area (TPSA) is 49.9 Å². The van der Waals surface area contributed by atoms with E-state index < -0.39 is 0 Å². The van der Waals surface area contributed by atoms with Gasteiger partial charge in [-0.1, -0.05) is 30.3 Å². The summed E-state index contributed by atoms with van der Waals surface area (Å²) in [7, 11) is 1.57. The maximum atomic E-state index is 12.9. The van der Waals surface area contributed by atoms with E-state index in [-0.39, 0.29) is 11.8 Å². The van der Waals surface area contributed by atoms with Gasteiger partial charge in [-0.3, -0.25) is 14.5 Å². The van der Waals surface area contributed by atoms with Crippen LogP contribution in [0.2, 0.25) is 0 Å². The number of hydrogen-bond acceptors (Lipinski definition) is 4. The van der Waals surface area contributed by atoms with Crippen molar-refractivity contribution >= 4 is 17.4 Å². The van der Waals surface area contributed by atoms with Crippen LogP contribution in [0.25, 0.3) is 5.57 Å². The van der Waals surface area contributed by atoms with Gasteiger partial charge >= 0.3 is 0 Å². The first-order valence-corrected chi connectivity index (χ1v) is 8.14. The second kappa shape index (κ2) is 6.96. The molecule has 1 aromatic carbocycles. The molecule has 0 aliphatic carbocycles. The van der Waals surface area contributed by atoms with E-state index in [0.29, 0.717) is 24.4 Å². The van der Waals surface area contributed by atoms with Gasteiger partial charge in [-0.05, 0) is 24.8 Å². The van der Waals surface area contributed by atoms with E-state index in [9.17, 15) is 9.59 Å². The largest absolute Gasteiger partial charge is 0.383 e. The third kappa shape index (κ3) is 3.01. The summed E-state index contributed by atoms with van der Waals surface area (Å²) in [5, 5.41) is 0. The van der Waals surface area contributed by atoms with Gasteiger partial charge in [0.1, 0.15) is 5.70 Å². The van der Waals surface area contributed by atoms with Crippen LogP contribution in [0.5, 0.6) is 0 Å². The van der Waals surface area contributed by atoms with Crippen molar-refractivity contribution in [2.45, 2.75) is 19.3 Å². The van der Waals surface area contributed by atoms with Crippen LogP contribution in [0.4, 0.5) is 0 Å². The van der Waals surface area contributed by atoms with Gasteiger partial charge in [-0.15, -0.1) is 0 Å². The third-order valence-corrected chi connectivity index (χ3v) is 4.40. The number of piperidine rings is 1. The minimum absolute atomic E-state index is 0.187. The number of ether oxygens (including phenoxy) is 1. The number of amides is 2. The lowest BCUT2D eigenvalue weighted by molar-refractivity contribution is -0.138. The third-order valence-electron chi connectivity index (χ3n) is 4.40. The number of rotatable bonds is 5. The average Bonchev–Trinajstić information content (AvgIpc) is 2.85. The van der Waals surface area contributed by atoms with Crippen LogP contribution in [-0.4, -0.2) is 55.0 Å². The van der Waals surface area contributed by atoms with Crippen LogP contribution in [0.1, 0.15) is 24.8 Å². The van der Waals surface area contributed by atoms with E-state index in [0.717, 1.165) is 31.5 Å².